The summed E-state index contributed by atoms with van der Waals surface area (Å²) in [7, 11) is 0. The monoisotopic (exact) mass is 246 g/mol. The van der Waals surface area contributed by atoms with E-state index in [1.165, 1.54) is 0 Å². The summed E-state index contributed by atoms with van der Waals surface area (Å²) in [5, 5.41) is 0. The topological polar surface area (TPSA) is 54.0 Å². The fourth-order valence-corrected chi connectivity index (χ4v) is 1.01. The van der Waals surface area contributed by atoms with Crippen molar-refractivity contribution in [2.24, 2.45) is 0 Å². The second kappa shape index (κ2) is 9.15. The van der Waals surface area contributed by atoms with E-state index >= 15 is 0 Å². The number of ether oxygens (including phenoxy) is 4. The van der Waals surface area contributed by atoms with Gasteiger partial charge < -0.3 is 18.9 Å². The fraction of sp³-hybridized carbons (Fsp3) is 0.750. The SMILES string of the molecule is C=C(C)C(=O)OC(C)OC(C)OCCOCC. The first-order valence-electron chi connectivity index (χ1n) is 5.68. The predicted octanol–water partition coefficient (Wildman–Crippen LogP) is 1.87. The molecule has 5 nitrogen and oxygen atoms in total. The van der Waals surface area contributed by atoms with Gasteiger partial charge >= 0.3 is 5.97 Å². The van der Waals surface area contributed by atoms with Crippen LogP contribution in [0.1, 0.15) is 27.7 Å². The molecule has 5 heteroatoms. The number of hydrogen-bond acceptors (Lipinski definition) is 5. The number of carbonyl (C=O) groups excluding carboxylic acids is 1. The smallest absolute Gasteiger partial charge is 0.335 e. The number of carbonyl (C=O) groups is 1. The van der Waals surface area contributed by atoms with Crippen LogP contribution >= 0.6 is 0 Å². The van der Waals surface area contributed by atoms with Crippen molar-refractivity contribution in [2.75, 3.05) is 19.8 Å². The highest BCUT2D eigenvalue weighted by atomic mass is 16.8. The molecule has 2 unspecified atom stereocenters. The average molecular weight is 246 g/mol. The molecule has 0 bridgehead atoms. The molecule has 0 aliphatic carbocycles. The van der Waals surface area contributed by atoms with Crippen LogP contribution in [0.4, 0.5) is 0 Å². The van der Waals surface area contributed by atoms with Crippen LogP contribution in [0.2, 0.25) is 0 Å². The molecule has 17 heavy (non-hydrogen) atoms. The Kier molecular flexibility index (Phi) is 8.66. The first kappa shape index (κ1) is 16.1. The van der Waals surface area contributed by atoms with E-state index in [2.05, 4.69) is 6.58 Å². The van der Waals surface area contributed by atoms with E-state index in [9.17, 15) is 4.79 Å². The van der Waals surface area contributed by atoms with Gasteiger partial charge in [0.05, 0.1) is 13.2 Å². The molecule has 0 N–H and O–H groups in total. The summed E-state index contributed by atoms with van der Waals surface area (Å²) in [6.07, 6.45) is -1.12. The minimum Gasteiger partial charge on any atom is -0.433 e. The summed E-state index contributed by atoms with van der Waals surface area (Å²) < 4.78 is 20.6. The number of rotatable bonds is 9. The molecule has 0 fully saturated rings. The highest BCUT2D eigenvalue weighted by Crippen LogP contribution is 2.04. The largest absolute Gasteiger partial charge is 0.433 e. The van der Waals surface area contributed by atoms with Crippen molar-refractivity contribution in [3.63, 3.8) is 0 Å². The standard InChI is InChI=1S/C12H22O5/c1-6-14-7-8-15-10(4)16-11(5)17-12(13)9(2)3/h10-11H,2,6-8H2,1,3-5H3. The van der Waals surface area contributed by atoms with E-state index in [4.69, 9.17) is 18.9 Å². The van der Waals surface area contributed by atoms with Crippen molar-refractivity contribution in [3.05, 3.63) is 12.2 Å². The van der Waals surface area contributed by atoms with Crippen LogP contribution in [-0.4, -0.2) is 38.4 Å². The van der Waals surface area contributed by atoms with E-state index in [1.807, 2.05) is 6.92 Å². The minimum atomic E-state index is -0.665. The molecule has 0 radical (unpaired) electrons. The van der Waals surface area contributed by atoms with Gasteiger partial charge in [0.25, 0.3) is 0 Å². The normalized spacial score (nSPS) is 14.1. The van der Waals surface area contributed by atoms with Gasteiger partial charge in [-0.2, -0.15) is 0 Å². The summed E-state index contributed by atoms with van der Waals surface area (Å²) in [5.41, 5.74) is 0.338. The molecule has 2 atom stereocenters. The highest BCUT2D eigenvalue weighted by molar-refractivity contribution is 5.86. The molecule has 100 valence electrons. The van der Waals surface area contributed by atoms with Crippen LogP contribution in [0, 0.1) is 0 Å². The summed E-state index contributed by atoms with van der Waals surface area (Å²) in [6, 6.07) is 0. The van der Waals surface area contributed by atoms with Gasteiger partial charge in [-0.05, 0) is 27.7 Å². The van der Waals surface area contributed by atoms with Crippen LogP contribution in [-0.2, 0) is 23.7 Å². The zero-order valence-electron chi connectivity index (χ0n) is 11.0. The van der Waals surface area contributed by atoms with Crippen LogP contribution in [0.25, 0.3) is 0 Å². The Morgan fingerprint density at radius 3 is 2.41 bits per heavy atom. The second-order valence-corrected chi connectivity index (χ2v) is 3.52. The van der Waals surface area contributed by atoms with Crippen LogP contribution in [0.15, 0.2) is 12.2 Å². The van der Waals surface area contributed by atoms with Gasteiger partial charge in [0.15, 0.2) is 6.29 Å². The van der Waals surface area contributed by atoms with Gasteiger partial charge in [0.1, 0.15) is 0 Å². The first-order chi connectivity index (χ1) is 7.97. The van der Waals surface area contributed by atoms with E-state index in [-0.39, 0.29) is 0 Å². The molecule has 0 saturated heterocycles. The van der Waals surface area contributed by atoms with E-state index < -0.39 is 18.5 Å². The minimum absolute atomic E-state index is 0.338. The molecule has 0 aromatic rings. The van der Waals surface area contributed by atoms with E-state index in [1.54, 1.807) is 20.8 Å². The molecule has 0 aromatic heterocycles. The molecule has 0 aliphatic heterocycles. The number of hydrogen-bond donors (Lipinski definition) is 0. The Balaban J connectivity index is 3.68. The quantitative estimate of drug-likeness (QED) is 0.269. The van der Waals surface area contributed by atoms with Gasteiger partial charge in [-0.25, -0.2) is 4.79 Å². The molecule has 0 saturated carbocycles. The van der Waals surface area contributed by atoms with Crippen molar-refractivity contribution in [3.8, 4) is 0 Å². The van der Waals surface area contributed by atoms with Crippen molar-refractivity contribution in [2.45, 2.75) is 40.3 Å². The van der Waals surface area contributed by atoms with Gasteiger partial charge in [-0.15, -0.1) is 0 Å². The lowest BCUT2D eigenvalue weighted by Gasteiger charge is -2.19. The van der Waals surface area contributed by atoms with Gasteiger partial charge in [0.2, 0.25) is 6.29 Å². The van der Waals surface area contributed by atoms with Crippen LogP contribution in [0.5, 0.6) is 0 Å². The molecule has 0 rings (SSSR count). The van der Waals surface area contributed by atoms with Gasteiger partial charge in [0, 0.05) is 12.2 Å². The lowest BCUT2D eigenvalue weighted by Crippen LogP contribution is -2.25. The maximum Gasteiger partial charge on any atom is 0.335 e. The average Bonchev–Trinajstić information content (AvgIpc) is 2.24. The van der Waals surface area contributed by atoms with Gasteiger partial charge in [-0.3, -0.25) is 0 Å². The Labute approximate surface area is 103 Å². The highest BCUT2D eigenvalue weighted by Gasteiger charge is 2.13. The van der Waals surface area contributed by atoms with Crippen molar-refractivity contribution in [1.82, 2.24) is 0 Å². The van der Waals surface area contributed by atoms with Crippen LogP contribution in [0.3, 0.4) is 0 Å². The summed E-state index contributed by atoms with van der Waals surface area (Å²) in [5.74, 6) is -0.473. The maximum atomic E-state index is 11.2. The molecular formula is C12H22O5. The van der Waals surface area contributed by atoms with Crippen molar-refractivity contribution < 1.29 is 23.7 Å². The molecule has 0 amide bonds. The fourth-order valence-electron chi connectivity index (χ4n) is 1.01. The second-order valence-electron chi connectivity index (χ2n) is 3.52. The molecule has 0 spiro atoms. The van der Waals surface area contributed by atoms with E-state index in [0.29, 0.717) is 25.4 Å². The summed E-state index contributed by atoms with van der Waals surface area (Å²) in [4.78, 5) is 11.2. The molecule has 0 aromatic carbocycles. The Bertz CT molecular complexity index is 239. The molecule has 0 heterocycles. The zero-order chi connectivity index (χ0) is 13.3. The van der Waals surface area contributed by atoms with Crippen molar-refractivity contribution >= 4 is 5.97 Å². The third-order valence-electron chi connectivity index (χ3n) is 1.79. The Morgan fingerprint density at radius 2 is 1.88 bits per heavy atom. The first-order valence-corrected chi connectivity index (χ1v) is 5.68. The third kappa shape index (κ3) is 8.85. The van der Waals surface area contributed by atoms with Gasteiger partial charge in [-0.1, -0.05) is 6.58 Å². The van der Waals surface area contributed by atoms with E-state index in [0.717, 1.165) is 0 Å². The lowest BCUT2D eigenvalue weighted by atomic mass is 10.4. The summed E-state index contributed by atoms with van der Waals surface area (Å²) >= 11 is 0. The van der Waals surface area contributed by atoms with Crippen molar-refractivity contribution in [1.29, 1.82) is 0 Å². The summed E-state index contributed by atoms with van der Waals surface area (Å²) in [6.45, 7) is 12.0. The van der Waals surface area contributed by atoms with Crippen LogP contribution < -0.4 is 0 Å². The Morgan fingerprint density at radius 1 is 1.24 bits per heavy atom. The number of esters is 1. The predicted molar refractivity (Wildman–Crippen MR) is 63.4 cm³/mol. The Hall–Kier alpha value is -0.910. The zero-order valence-corrected chi connectivity index (χ0v) is 11.0. The molecule has 0 aliphatic rings. The third-order valence-corrected chi connectivity index (χ3v) is 1.79. The maximum absolute atomic E-state index is 11.2. The lowest BCUT2D eigenvalue weighted by molar-refractivity contribution is -0.229. The molecular weight excluding hydrogens is 224 g/mol.